The van der Waals surface area contributed by atoms with Crippen LogP contribution in [0.3, 0.4) is 0 Å². The van der Waals surface area contributed by atoms with E-state index in [1.54, 1.807) is 0 Å². The number of carbonyl (C=O) groups is 1. The first-order valence-electron chi connectivity index (χ1n) is 4.89. The molecule has 0 N–H and O–H groups in total. The Morgan fingerprint density at radius 1 is 1.62 bits per heavy atom. The number of carboxylic acid groups (broad SMARTS) is 1. The number of rotatable bonds is 2. The monoisotopic (exact) mass is 261 g/mol. The molecule has 88 valence electrons. The van der Waals surface area contributed by atoms with Gasteiger partial charge in [-0.3, -0.25) is 0 Å². The molecule has 2 rings (SSSR count). The summed E-state index contributed by atoms with van der Waals surface area (Å²) in [5.74, 6) is 0. The number of amides is 1. The molecule has 1 aliphatic rings. The normalized spacial score (nSPS) is 17.4. The highest BCUT2D eigenvalue weighted by Gasteiger charge is 2.21. The molecule has 0 bridgehead atoms. The number of likely N-dealkylation sites (tertiary alicyclic amines) is 1. The molecule has 7 heteroatoms. The van der Waals surface area contributed by atoms with Crippen LogP contribution in [-0.2, 0) is 0 Å². The lowest BCUT2D eigenvalue weighted by Gasteiger charge is -2.33. The quantitative estimate of drug-likeness (QED) is 0.796. The third-order valence-corrected chi connectivity index (χ3v) is 3.43. The molecule has 0 unspecified atom stereocenters. The second-order valence-electron chi connectivity index (χ2n) is 3.50. The fourth-order valence-electron chi connectivity index (χ4n) is 1.59. The maximum Gasteiger partial charge on any atom is 0.274 e. The Labute approximate surface area is 102 Å². The molecular formula is C9H10ClN2O3S-. The fraction of sp³-hybridized carbons (Fsp3) is 0.556. The SMILES string of the molecule is O=C([O-])N1CCC(Oc2ncc(Cl)s2)CC1. The van der Waals surface area contributed by atoms with E-state index in [-0.39, 0.29) is 6.10 Å². The van der Waals surface area contributed by atoms with Gasteiger partial charge in [0, 0.05) is 25.9 Å². The molecule has 1 amide bonds. The van der Waals surface area contributed by atoms with Gasteiger partial charge in [-0.25, -0.2) is 4.98 Å². The Balaban J connectivity index is 1.83. The van der Waals surface area contributed by atoms with Gasteiger partial charge in [-0.1, -0.05) is 22.9 Å². The molecule has 2 heterocycles. The number of hydrogen-bond donors (Lipinski definition) is 0. The van der Waals surface area contributed by atoms with E-state index in [4.69, 9.17) is 16.3 Å². The van der Waals surface area contributed by atoms with Crippen LogP contribution in [0, 0.1) is 0 Å². The van der Waals surface area contributed by atoms with Gasteiger partial charge in [-0.15, -0.1) is 0 Å². The van der Waals surface area contributed by atoms with E-state index in [0.717, 1.165) is 0 Å². The Bertz CT molecular complexity index is 377. The van der Waals surface area contributed by atoms with E-state index in [1.807, 2.05) is 0 Å². The topological polar surface area (TPSA) is 65.5 Å². The van der Waals surface area contributed by atoms with Crippen LogP contribution >= 0.6 is 22.9 Å². The van der Waals surface area contributed by atoms with Gasteiger partial charge in [0.2, 0.25) is 0 Å². The number of halogens is 1. The van der Waals surface area contributed by atoms with Crippen molar-refractivity contribution < 1.29 is 14.6 Å². The van der Waals surface area contributed by atoms with Crippen LogP contribution in [0.1, 0.15) is 12.8 Å². The molecule has 0 atom stereocenters. The van der Waals surface area contributed by atoms with Crippen molar-refractivity contribution in [3.8, 4) is 5.19 Å². The smallest absolute Gasteiger partial charge is 0.274 e. The molecule has 5 nitrogen and oxygen atoms in total. The van der Waals surface area contributed by atoms with Crippen molar-refractivity contribution in [3.05, 3.63) is 10.5 Å². The van der Waals surface area contributed by atoms with Crippen molar-refractivity contribution in [3.63, 3.8) is 0 Å². The molecule has 0 aliphatic carbocycles. The highest BCUT2D eigenvalue weighted by Crippen LogP contribution is 2.27. The van der Waals surface area contributed by atoms with Gasteiger partial charge >= 0.3 is 0 Å². The van der Waals surface area contributed by atoms with Gasteiger partial charge in [0.05, 0.1) is 6.20 Å². The van der Waals surface area contributed by atoms with Crippen molar-refractivity contribution in [2.75, 3.05) is 13.1 Å². The molecule has 0 aromatic carbocycles. The van der Waals surface area contributed by atoms with Gasteiger partial charge in [0.25, 0.3) is 5.19 Å². The summed E-state index contributed by atoms with van der Waals surface area (Å²) in [7, 11) is 0. The molecule has 1 saturated heterocycles. The molecule has 1 fully saturated rings. The zero-order valence-corrected chi connectivity index (χ0v) is 9.96. The second-order valence-corrected chi connectivity index (χ2v) is 5.12. The number of piperidine rings is 1. The number of aromatic nitrogens is 1. The summed E-state index contributed by atoms with van der Waals surface area (Å²) >= 11 is 7.00. The minimum atomic E-state index is -1.12. The third kappa shape index (κ3) is 2.76. The van der Waals surface area contributed by atoms with Gasteiger partial charge < -0.3 is 19.5 Å². The molecular weight excluding hydrogens is 252 g/mol. The second kappa shape index (κ2) is 4.88. The van der Waals surface area contributed by atoms with E-state index in [1.165, 1.54) is 22.4 Å². The summed E-state index contributed by atoms with van der Waals surface area (Å²) in [5.41, 5.74) is 0. The van der Waals surface area contributed by atoms with E-state index < -0.39 is 6.09 Å². The maximum absolute atomic E-state index is 10.6. The average molecular weight is 262 g/mol. The zero-order chi connectivity index (χ0) is 11.5. The van der Waals surface area contributed by atoms with Crippen LogP contribution in [-0.4, -0.2) is 35.2 Å². The fourth-order valence-corrected chi connectivity index (χ4v) is 2.40. The first-order valence-corrected chi connectivity index (χ1v) is 6.08. The van der Waals surface area contributed by atoms with E-state index in [2.05, 4.69) is 4.98 Å². The van der Waals surface area contributed by atoms with Crippen molar-refractivity contribution in [2.24, 2.45) is 0 Å². The summed E-state index contributed by atoms with van der Waals surface area (Å²) < 4.78 is 6.17. The number of carbonyl (C=O) groups excluding carboxylic acids is 1. The van der Waals surface area contributed by atoms with Gasteiger partial charge in [0.1, 0.15) is 16.5 Å². The summed E-state index contributed by atoms with van der Waals surface area (Å²) in [4.78, 5) is 15.8. The molecule has 0 saturated carbocycles. The lowest BCUT2D eigenvalue weighted by Crippen LogP contribution is -2.47. The van der Waals surface area contributed by atoms with Gasteiger partial charge in [-0.05, 0) is 0 Å². The lowest BCUT2D eigenvalue weighted by atomic mass is 10.1. The highest BCUT2D eigenvalue weighted by molar-refractivity contribution is 7.17. The van der Waals surface area contributed by atoms with Crippen molar-refractivity contribution in [1.29, 1.82) is 0 Å². The third-order valence-electron chi connectivity index (χ3n) is 2.42. The largest absolute Gasteiger partial charge is 0.530 e. The first kappa shape index (κ1) is 11.5. The van der Waals surface area contributed by atoms with Crippen LogP contribution in [0.2, 0.25) is 4.34 Å². The summed E-state index contributed by atoms with van der Waals surface area (Å²) in [5, 5.41) is 11.1. The molecule has 1 aliphatic heterocycles. The van der Waals surface area contributed by atoms with Gasteiger partial charge in [0.15, 0.2) is 0 Å². The van der Waals surface area contributed by atoms with Crippen molar-refractivity contribution in [2.45, 2.75) is 18.9 Å². The van der Waals surface area contributed by atoms with E-state index in [0.29, 0.717) is 35.5 Å². The molecule has 16 heavy (non-hydrogen) atoms. The van der Waals surface area contributed by atoms with E-state index in [9.17, 15) is 9.90 Å². The maximum atomic E-state index is 10.6. The van der Waals surface area contributed by atoms with Crippen molar-refractivity contribution in [1.82, 2.24) is 9.88 Å². The van der Waals surface area contributed by atoms with Crippen molar-refractivity contribution >= 4 is 29.0 Å². The predicted molar refractivity (Wildman–Crippen MR) is 57.7 cm³/mol. The summed E-state index contributed by atoms with van der Waals surface area (Å²) in [6, 6.07) is 0. The van der Waals surface area contributed by atoms with Crippen LogP contribution in [0.15, 0.2) is 6.20 Å². The molecule has 1 aromatic rings. The van der Waals surface area contributed by atoms with Crippen LogP contribution in [0.5, 0.6) is 5.19 Å². The lowest BCUT2D eigenvalue weighted by molar-refractivity contribution is -0.266. The first-order chi connectivity index (χ1) is 7.65. The standard InChI is InChI=1S/C9H11ClN2O3S/c10-7-5-11-8(16-7)15-6-1-3-12(4-2-6)9(13)14/h5-6H,1-4H2,(H,13,14)/p-1. The summed E-state index contributed by atoms with van der Waals surface area (Å²) in [6.45, 7) is 0.901. The Hall–Kier alpha value is -1.01. The Morgan fingerprint density at radius 2 is 2.31 bits per heavy atom. The van der Waals surface area contributed by atoms with E-state index >= 15 is 0 Å². The predicted octanol–water partition coefficient (Wildman–Crippen LogP) is 0.983. The minimum absolute atomic E-state index is 0.0119. The molecule has 1 aromatic heterocycles. The van der Waals surface area contributed by atoms with Crippen LogP contribution in [0.25, 0.3) is 0 Å². The van der Waals surface area contributed by atoms with Gasteiger partial charge in [-0.2, -0.15) is 0 Å². The number of ether oxygens (including phenoxy) is 1. The molecule has 0 radical (unpaired) electrons. The Morgan fingerprint density at radius 3 is 2.81 bits per heavy atom. The van der Waals surface area contributed by atoms with Crippen LogP contribution in [0.4, 0.5) is 4.79 Å². The Kier molecular flexibility index (Phi) is 3.50. The molecule has 0 spiro atoms. The number of thiazole rings is 1. The summed E-state index contributed by atoms with van der Waals surface area (Å²) in [6.07, 6.45) is 1.75. The van der Waals surface area contributed by atoms with Crippen LogP contribution < -0.4 is 9.84 Å². The average Bonchev–Trinajstić information content (AvgIpc) is 2.65. The minimum Gasteiger partial charge on any atom is -0.530 e. The number of nitrogens with zero attached hydrogens (tertiary/aromatic N) is 2. The highest BCUT2D eigenvalue weighted by atomic mass is 35.5. The zero-order valence-electron chi connectivity index (χ0n) is 8.39. The number of hydrogen-bond acceptors (Lipinski definition) is 5.